The van der Waals surface area contributed by atoms with E-state index in [0.29, 0.717) is 24.5 Å². The first kappa shape index (κ1) is 13.5. The van der Waals surface area contributed by atoms with Crippen molar-refractivity contribution in [2.75, 3.05) is 13.2 Å². The first-order valence-electron chi connectivity index (χ1n) is 5.08. The second-order valence-corrected chi connectivity index (χ2v) is 4.45. The molecule has 3 nitrogen and oxygen atoms in total. The summed E-state index contributed by atoms with van der Waals surface area (Å²) in [7, 11) is 0. The molecule has 0 bridgehead atoms. The van der Waals surface area contributed by atoms with Crippen LogP contribution in [0.1, 0.15) is 10.4 Å². The second kappa shape index (κ2) is 6.91. The van der Waals surface area contributed by atoms with Crippen molar-refractivity contribution in [1.29, 1.82) is 0 Å². The fraction of sp³-hybridized carbons (Fsp3) is 0.154. The molecule has 1 N–H and O–H groups in total. The van der Waals surface area contributed by atoms with Crippen LogP contribution in [0, 0.1) is 0 Å². The van der Waals surface area contributed by atoms with Gasteiger partial charge in [0.05, 0.1) is 0 Å². The molecule has 0 saturated heterocycles. The Morgan fingerprint density at radius 2 is 2.06 bits per heavy atom. The van der Waals surface area contributed by atoms with E-state index in [0.717, 1.165) is 4.48 Å². The van der Waals surface area contributed by atoms with Gasteiger partial charge >= 0.3 is 0 Å². The first-order chi connectivity index (χ1) is 8.13. The molecule has 0 aromatic heterocycles. The third-order valence-electron chi connectivity index (χ3n) is 1.93. The molecular weight excluding hydrogens is 282 g/mol. The lowest BCUT2D eigenvalue weighted by Crippen LogP contribution is -2.24. The van der Waals surface area contributed by atoms with Gasteiger partial charge in [0.2, 0.25) is 0 Å². The summed E-state index contributed by atoms with van der Waals surface area (Å²) in [6.07, 6.45) is 1.67. The summed E-state index contributed by atoms with van der Waals surface area (Å²) in [6.45, 7) is 8.07. The van der Waals surface area contributed by atoms with Gasteiger partial charge in [0, 0.05) is 16.6 Å². The van der Waals surface area contributed by atoms with Gasteiger partial charge in [0.1, 0.15) is 12.4 Å². The van der Waals surface area contributed by atoms with Gasteiger partial charge in [-0.25, -0.2) is 0 Å². The van der Waals surface area contributed by atoms with Gasteiger partial charge in [-0.05, 0) is 24.3 Å². The number of hydrogen-bond acceptors (Lipinski definition) is 2. The highest BCUT2D eigenvalue weighted by atomic mass is 79.9. The third kappa shape index (κ3) is 4.87. The van der Waals surface area contributed by atoms with E-state index in [1.54, 1.807) is 30.3 Å². The fourth-order valence-electron chi connectivity index (χ4n) is 1.14. The van der Waals surface area contributed by atoms with Crippen LogP contribution in [-0.2, 0) is 0 Å². The number of rotatable bonds is 6. The Hall–Kier alpha value is -1.55. The second-order valence-electron chi connectivity index (χ2n) is 3.32. The molecular formula is C13H14BrNO2. The minimum atomic E-state index is -0.138. The molecule has 0 aliphatic rings. The van der Waals surface area contributed by atoms with Crippen LogP contribution in [0.2, 0.25) is 0 Å². The lowest BCUT2D eigenvalue weighted by atomic mass is 10.2. The molecule has 0 spiro atoms. The van der Waals surface area contributed by atoms with Gasteiger partial charge in [-0.1, -0.05) is 35.2 Å². The van der Waals surface area contributed by atoms with Gasteiger partial charge in [-0.15, -0.1) is 0 Å². The summed E-state index contributed by atoms with van der Waals surface area (Å²) in [5.41, 5.74) is 0.588. The normalized spacial score (nSPS) is 9.47. The highest BCUT2D eigenvalue weighted by Gasteiger charge is 2.04. The molecule has 1 aromatic rings. The molecule has 0 atom stereocenters. The zero-order valence-electron chi connectivity index (χ0n) is 9.41. The Kier molecular flexibility index (Phi) is 5.49. The summed E-state index contributed by atoms with van der Waals surface area (Å²) < 4.78 is 6.05. The van der Waals surface area contributed by atoms with Gasteiger partial charge < -0.3 is 10.1 Å². The summed E-state index contributed by atoms with van der Waals surface area (Å²) in [5, 5.41) is 2.72. The van der Waals surface area contributed by atoms with Crippen LogP contribution in [-0.4, -0.2) is 19.1 Å². The number of hydrogen-bond donors (Lipinski definition) is 1. The quantitative estimate of drug-likeness (QED) is 0.820. The van der Waals surface area contributed by atoms with E-state index in [9.17, 15) is 4.79 Å². The van der Waals surface area contributed by atoms with Gasteiger partial charge in [-0.2, -0.15) is 0 Å². The molecule has 0 unspecified atom stereocenters. The average Bonchev–Trinajstić information content (AvgIpc) is 2.34. The molecule has 0 fully saturated rings. The van der Waals surface area contributed by atoms with E-state index >= 15 is 0 Å². The van der Waals surface area contributed by atoms with Crippen molar-refractivity contribution in [3.05, 3.63) is 53.5 Å². The predicted octanol–water partition coefficient (Wildman–Crippen LogP) is 2.89. The topological polar surface area (TPSA) is 38.3 Å². The molecule has 17 heavy (non-hydrogen) atoms. The summed E-state index contributed by atoms with van der Waals surface area (Å²) in [5.74, 6) is 0.576. The zero-order chi connectivity index (χ0) is 12.7. The molecule has 0 saturated carbocycles. The number of halogens is 1. The number of carbonyl (C=O) groups excluding carboxylic acids is 1. The van der Waals surface area contributed by atoms with Crippen molar-refractivity contribution in [3.63, 3.8) is 0 Å². The molecule has 1 rings (SSSR count). The van der Waals surface area contributed by atoms with Gasteiger partial charge in [0.15, 0.2) is 0 Å². The molecule has 0 radical (unpaired) electrons. The number of nitrogens with one attached hydrogen (secondary N) is 1. The van der Waals surface area contributed by atoms with Crippen LogP contribution in [0.15, 0.2) is 48.0 Å². The van der Waals surface area contributed by atoms with Crippen LogP contribution in [0.4, 0.5) is 0 Å². The Morgan fingerprint density at radius 1 is 1.41 bits per heavy atom. The summed E-state index contributed by atoms with van der Waals surface area (Å²) >= 11 is 3.18. The highest BCUT2D eigenvalue weighted by molar-refractivity contribution is 9.11. The van der Waals surface area contributed by atoms with Crippen LogP contribution in [0.3, 0.4) is 0 Å². The van der Waals surface area contributed by atoms with E-state index in [-0.39, 0.29) is 5.91 Å². The van der Waals surface area contributed by atoms with Crippen molar-refractivity contribution < 1.29 is 9.53 Å². The number of benzene rings is 1. The minimum Gasteiger partial charge on any atom is -0.490 e. The maximum Gasteiger partial charge on any atom is 0.251 e. The van der Waals surface area contributed by atoms with Crippen molar-refractivity contribution in [2.45, 2.75) is 0 Å². The number of carbonyl (C=O) groups is 1. The van der Waals surface area contributed by atoms with Crippen molar-refractivity contribution in [2.24, 2.45) is 0 Å². The SMILES string of the molecule is C=CCOc1ccc(C(=O)NCC(=C)Br)cc1. The van der Waals surface area contributed by atoms with E-state index < -0.39 is 0 Å². The Balaban J connectivity index is 2.57. The van der Waals surface area contributed by atoms with Gasteiger partial charge in [-0.3, -0.25) is 4.79 Å². The molecule has 0 heterocycles. The molecule has 0 aliphatic heterocycles. The maximum absolute atomic E-state index is 11.6. The Bertz CT molecular complexity index is 412. The monoisotopic (exact) mass is 295 g/mol. The molecule has 4 heteroatoms. The van der Waals surface area contributed by atoms with Crippen molar-refractivity contribution in [3.8, 4) is 5.75 Å². The summed E-state index contributed by atoms with van der Waals surface area (Å²) in [6, 6.07) is 6.93. The Morgan fingerprint density at radius 3 is 2.59 bits per heavy atom. The van der Waals surface area contributed by atoms with Crippen LogP contribution in [0.25, 0.3) is 0 Å². The average molecular weight is 296 g/mol. The number of ether oxygens (including phenoxy) is 1. The molecule has 1 aromatic carbocycles. The van der Waals surface area contributed by atoms with E-state index in [1.165, 1.54) is 0 Å². The lowest BCUT2D eigenvalue weighted by Gasteiger charge is -2.06. The predicted molar refractivity (Wildman–Crippen MR) is 72.5 cm³/mol. The van der Waals surface area contributed by atoms with Crippen LogP contribution >= 0.6 is 15.9 Å². The summed E-state index contributed by atoms with van der Waals surface area (Å²) in [4.78, 5) is 11.6. The van der Waals surface area contributed by atoms with E-state index in [2.05, 4.69) is 34.4 Å². The molecule has 1 amide bonds. The lowest BCUT2D eigenvalue weighted by molar-refractivity contribution is 0.0958. The number of amides is 1. The van der Waals surface area contributed by atoms with Crippen LogP contribution < -0.4 is 10.1 Å². The zero-order valence-corrected chi connectivity index (χ0v) is 11.0. The van der Waals surface area contributed by atoms with E-state index in [4.69, 9.17) is 4.74 Å². The van der Waals surface area contributed by atoms with Crippen molar-refractivity contribution in [1.82, 2.24) is 5.32 Å². The molecule has 90 valence electrons. The van der Waals surface area contributed by atoms with E-state index in [1.807, 2.05) is 0 Å². The molecule has 0 aliphatic carbocycles. The standard InChI is InChI=1S/C13H14BrNO2/c1-3-8-17-12-6-4-11(5-7-12)13(16)15-9-10(2)14/h3-7H,1-2,8-9H2,(H,15,16). The highest BCUT2D eigenvalue weighted by Crippen LogP contribution is 2.12. The largest absolute Gasteiger partial charge is 0.490 e. The Labute approximate surface area is 109 Å². The maximum atomic E-state index is 11.6. The van der Waals surface area contributed by atoms with Crippen LogP contribution in [0.5, 0.6) is 5.75 Å². The smallest absolute Gasteiger partial charge is 0.251 e. The third-order valence-corrected chi connectivity index (χ3v) is 2.21. The fourth-order valence-corrected chi connectivity index (χ4v) is 1.28. The first-order valence-corrected chi connectivity index (χ1v) is 5.88. The minimum absolute atomic E-state index is 0.138. The van der Waals surface area contributed by atoms with Gasteiger partial charge in [0.25, 0.3) is 5.91 Å². The van der Waals surface area contributed by atoms with Crippen molar-refractivity contribution >= 4 is 21.8 Å².